The van der Waals surface area contributed by atoms with Crippen LogP contribution in [0.5, 0.6) is 0 Å². The van der Waals surface area contributed by atoms with E-state index >= 15 is 0 Å². The molecular weight excluding hydrogens is 228 g/mol. The van der Waals surface area contributed by atoms with Gasteiger partial charge in [-0.2, -0.15) is 0 Å². The van der Waals surface area contributed by atoms with Crippen molar-refractivity contribution in [1.82, 2.24) is 14.9 Å². The van der Waals surface area contributed by atoms with E-state index in [1.54, 1.807) is 24.0 Å². The Bertz CT molecular complexity index is 449. The third kappa shape index (κ3) is 2.56. The van der Waals surface area contributed by atoms with Gasteiger partial charge in [0.15, 0.2) is 5.82 Å². The number of nitrogens with one attached hydrogen (secondary N) is 1. The summed E-state index contributed by atoms with van der Waals surface area (Å²) in [7, 11) is 3.77. The van der Waals surface area contributed by atoms with Crippen LogP contribution in [0.4, 0.5) is 5.82 Å². The van der Waals surface area contributed by atoms with Crippen LogP contribution >= 0.6 is 0 Å². The normalized spacial score (nSPS) is 18.9. The molecule has 0 amide bonds. The van der Waals surface area contributed by atoms with Gasteiger partial charge in [0.2, 0.25) is 0 Å². The van der Waals surface area contributed by atoms with E-state index in [0.717, 1.165) is 25.9 Å². The maximum atomic E-state index is 12.0. The first kappa shape index (κ1) is 13.1. The molecule has 5 nitrogen and oxygen atoms in total. The molecule has 1 saturated heterocycles. The maximum Gasteiger partial charge on any atom is 0.293 e. The zero-order valence-corrected chi connectivity index (χ0v) is 11.4. The summed E-state index contributed by atoms with van der Waals surface area (Å²) in [5, 5.41) is 3.31. The summed E-state index contributed by atoms with van der Waals surface area (Å²) in [5.74, 6) is 1.29. The van der Waals surface area contributed by atoms with Gasteiger partial charge < -0.3 is 14.8 Å². The average molecular weight is 250 g/mol. The third-order valence-electron chi connectivity index (χ3n) is 4.00. The van der Waals surface area contributed by atoms with Crippen LogP contribution in [0, 0.1) is 5.92 Å². The fourth-order valence-electron chi connectivity index (χ4n) is 2.55. The number of nitrogens with zero attached hydrogens (tertiary/aromatic N) is 3. The summed E-state index contributed by atoms with van der Waals surface area (Å²) in [6.07, 6.45) is 5.62. The van der Waals surface area contributed by atoms with E-state index in [9.17, 15) is 4.79 Å². The number of piperidine rings is 1. The van der Waals surface area contributed by atoms with Crippen molar-refractivity contribution in [2.75, 3.05) is 25.0 Å². The van der Waals surface area contributed by atoms with Crippen molar-refractivity contribution in [3.63, 3.8) is 0 Å². The van der Waals surface area contributed by atoms with Gasteiger partial charge in [0.05, 0.1) is 0 Å². The van der Waals surface area contributed by atoms with E-state index in [1.807, 2.05) is 7.05 Å². The molecule has 5 heteroatoms. The Labute approximate surface area is 108 Å². The maximum absolute atomic E-state index is 12.0. The van der Waals surface area contributed by atoms with E-state index in [1.165, 1.54) is 0 Å². The number of aryl methyl sites for hydroxylation is 1. The van der Waals surface area contributed by atoms with Crippen molar-refractivity contribution in [1.29, 1.82) is 0 Å². The van der Waals surface area contributed by atoms with Crippen molar-refractivity contribution in [2.24, 2.45) is 13.0 Å². The first-order valence-corrected chi connectivity index (χ1v) is 6.57. The topological polar surface area (TPSA) is 50.2 Å². The van der Waals surface area contributed by atoms with E-state index in [4.69, 9.17) is 0 Å². The van der Waals surface area contributed by atoms with E-state index < -0.39 is 0 Å². The van der Waals surface area contributed by atoms with Crippen LogP contribution in [0.1, 0.15) is 19.8 Å². The summed E-state index contributed by atoms with van der Waals surface area (Å²) in [6.45, 7) is 4.06. The van der Waals surface area contributed by atoms with Gasteiger partial charge in [-0.05, 0) is 32.7 Å². The van der Waals surface area contributed by atoms with Gasteiger partial charge >= 0.3 is 0 Å². The Morgan fingerprint density at radius 3 is 2.72 bits per heavy atom. The molecule has 1 unspecified atom stereocenters. The lowest BCUT2D eigenvalue weighted by atomic mass is 9.90. The Morgan fingerprint density at radius 1 is 1.44 bits per heavy atom. The molecule has 18 heavy (non-hydrogen) atoms. The lowest BCUT2D eigenvalue weighted by molar-refractivity contribution is 0.322. The van der Waals surface area contributed by atoms with Gasteiger partial charge in [0, 0.05) is 38.6 Å². The minimum Gasteiger partial charge on any atom is -0.352 e. The molecule has 0 spiro atoms. The van der Waals surface area contributed by atoms with Crippen molar-refractivity contribution < 1.29 is 0 Å². The van der Waals surface area contributed by atoms with Crippen LogP contribution in [0.3, 0.4) is 0 Å². The molecule has 2 rings (SSSR count). The van der Waals surface area contributed by atoms with Crippen LogP contribution < -0.4 is 15.8 Å². The summed E-state index contributed by atoms with van der Waals surface area (Å²) < 4.78 is 1.59. The Hall–Kier alpha value is -1.36. The monoisotopic (exact) mass is 250 g/mol. The molecule has 0 radical (unpaired) electrons. The van der Waals surface area contributed by atoms with E-state index in [0.29, 0.717) is 17.8 Å². The standard InChI is InChI=1S/C13H22N4O/c1-10(14-2)11-4-7-17(8-5-11)12-13(18)16(3)9-6-15-12/h6,9-11,14H,4-5,7-8H2,1-3H3. The van der Waals surface area contributed by atoms with E-state index in [-0.39, 0.29) is 5.56 Å². The van der Waals surface area contributed by atoms with Crippen molar-refractivity contribution in [2.45, 2.75) is 25.8 Å². The van der Waals surface area contributed by atoms with Crippen LogP contribution in [-0.4, -0.2) is 35.7 Å². The molecule has 0 saturated carbocycles. The summed E-state index contributed by atoms with van der Waals surface area (Å²) in [4.78, 5) is 18.3. The third-order valence-corrected chi connectivity index (χ3v) is 4.00. The van der Waals surface area contributed by atoms with Gasteiger partial charge in [0.25, 0.3) is 5.56 Å². The quantitative estimate of drug-likeness (QED) is 0.854. The van der Waals surface area contributed by atoms with Gasteiger partial charge in [0.1, 0.15) is 0 Å². The second kappa shape index (κ2) is 5.52. The first-order chi connectivity index (χ1) is 8.63. The van der Waals surface area contributed by atoms with Crippen molar-refractivity contribution >= 4 is 5.82 Å². The zero-order valence-electron chi connectivity index (χ0n) is 11.4. The number of anilines is 1. The summed E-state index contributed by atoms with van der Waals surface area (Å²) in [5.41, 5.74) is -0.00221. The van der Waals surface area contributed by atoms with Crippen molar-refractivity contribution in [3.8, 4) is 0 Å². The minimum atomic E-state index is -0.00221. The molecule has 1 aromatic heterocycles. The molecule has 0 aliphatic carbocycles. The highest BCUT2D eigenvalue weighted by atomic mass is 16.1. The molecule has 1 aliphatic heterocycles. The molecular formula is C13H22N4O. The van der Waals surface area contributed by atoms with Crippen LogP contribution in [0.2, 0.25) is 0 Å². The molecule has 1 atom stereocenters. The molecule has 1 fully saturated rings. The Kier molecular flexibility index (Phi) is 4.01. The Morgan fingerprint density at radius 2 is 2.11 bits per heavy atom. The summed E-state index contributed by atoms with van der Waals surface area (Å²) >= 11 is 0. The highest BCUT2D eigenvalue weighted by molar-refractivity contribution is 5.36. The largest absolute Gasteiger partial charge is 0.352 e. The number of rotatable bonds is 3. The minimum absolute atomic E-state index is 0.00221. The average Bonchev–Trinajstić information content (AvgIpc) is 2.41. The molecule has 1 aliphatic rings. The number of hydrogen-bond acceptors (Lipinski definition) is 4. The van der Waals surface area contributed by atoms with Gasteiger partial charge in [-0.3, -0.25) is 4.79 Å². The molecule has 1 N–H and O–H groups in total. The Balaban J connectivity index is 2.06. The van der Waals surface area contributed by atoms with Gasteiger partial charge in [-0.25, -0.2) is 4.98 Å². The fourth-order valence-corrected chi connectivity index (χ4v) is 2.55. The van der Waals surface area contributed by atoms with Crippen LogP contribution in [-0.2, 0) is 7.05 Å². The van der Waals surface area contributed by atoms with E-state index in [2.05, 4.69) is 22.1 Å². The lowest BCUT2D eigenvalue weighted by Gasteiger charge is -2.35. The SMILES string of the molecule is CNC(C)C1CCN(c2nccn(C)c2=O)CC1. The van der Waals surface area contributed by atoms with Crippen LogP contribution in [0.25, 0.3) is 0 Å². The molecule has 100 valence electrons. The fraction of sp³-hybridized carbons (Fsp3) is 0.692. The second-order valence-corrected chi connectivity index (χ2v) is 5.07. The zero-order chi connectivity index (χ0) is 13.1. The molecule has 2 heterocycles. The molecule has 0 bridgehead atoms. The highest BCUT2D eigenvalue weighted by Gasteiger charge is 2.24. The number of aromatic nitrogens is 2. The predicted octanol–water partition coefficient (Wildman–Crippen LogP) is 0.605. The van der Waals surface area contributed by atoms with Crippen LogP contribution in [0.15, 0.2) is 17.2 Å². The number of hydrogen-bond donors (Lipinski definition) is 1. The molecule has 1 aromatic rings. The lowest BCUT2D eigenvalue weighted by Crippen LogP contribution is -2.43. The molecule has 0 aromatic carbocycles. The first-order valence-electron chi connectivity index (χ1n) is 6.57. The summed E-state index contributed by atoms with van der Waals surface area (Å²) in [6, 6.07) is 0.540. The van der Waals surface area contributed by atoms with Crippen molar-refractivity contribution in [3.05, 3.63) is 22.7 Å². The highest BCUT2D eigenvalue weighted by Crippen LogP contribution is 2.22. The predicted molar refractivity (Wildman–Crippen MR) is 72.9 cm³/mol. The van der Waals surface area contributed by atoms with Gasteiger partial charge in [-0.1, -0.05) is 0 Å². The second-order valence-electron chi connectivity index (χ2n) is 5.07. The van der Waals surface area contributed by atoms with Gasteiger partial charge in [-0.15, -0.1) is 0 Å². The smallest absolute Gasteiger partial charge is 0.293 e.